The van der Waals surface area contributed by atoms with Gasteiger partial charge in [0.2, 0.25) is 5.91 Å². The molecule has 0 aliphatic carbocycles. The summed E-state index contributed by atoms with van der Waals surface area (Å²) < 4.78 is 41.9. The molecule has 1 aromatic rings. The van der Waals surface area contributed by atoms with Gasteiger partial charge in [-0.15, -0.1) is 0 Å². The third-order valence-corrected chi connectivity index (χ3v) is 3.64. The number of nitrogens with zero attached hydrogens (tertiary/aromatic N) is 3. The van der Waals surface area contributed by atoms with E-state index in [9.17, 15) is 18.0 Å². The third kappa shape index (κ3) is 4.20. The van der Waals surface area contributed by atoms with Crippen LogP contribution in [0.5, 0.6) is 0 Å². The Morgan fingerprint density at radius 3 is 2.33 bits per heavy atom. The van der Waals surface area contributed by atoms with Gasteiger partial charge in [-0.25, -0.2) is 0 Å². The number of halogens is 3. The van der Waals surface area contributed by atoms with Gasteiger partial charge in [0, 0.05) is 31.7 Å². The number of carbonyl (C=O) groups is 1. The number of hydrogen-bond acceptors (Lipinski definition) is 4. The number of piperazine rings is 1. The highest BCUT2D eigenvalue weighted by Crippen LogP contribution is 2.18. The smallest absolute Gasteiger partial charge is 0.361 e. The molecule has 0 saturated carbocycles. The quantitative estimate of drug-likeness (QED) is 0.850. The van der Waals surface area contributed by atoms with Crippen LogP contribution < -0.4 is 0 Å². The molecule has 2 rings (SSSR count). The van der Waals surface area contributed by atoms with Crippen molar-refractivity contribution in [2.45, 2.75) is 26.4 Å². The molecule has 21 heavy (non-hydrogen) atoms. The topological polar surface area (TPSA) is 49.6 Å². The lowest BCUT2D eigenvalue weighted by Gasteiger charge is -2.35. The highest BCUT2D eigenvalue weighted by molar-refractivity contribution is 5.79. The zero-order valence-corrected chi connectivity index (χ0v) is 12.0. The van der Waals surface area contributed by atoms with Crippen LogP contribution in [0, 0.1) is 13.8 Å². The molecule has 2 heterocycles. The van der Waals surface area contributed by atoms with Gasteiger partial charge < -0.3 is 9.42 Å². The molecule has 1 saturated heterocycles. The van der Waals surface area contributed by atoms with Gasteiger partial charge >= 0.3 is 6.18 Å². The van der Waals surface area contributed by atoms with E-state index in [1.165, 1.54) is 4.90 Å². The van der Waals surface area contributed by atoms with Crippen molar-refractivity contribution in [2.75, 3.05) is 32.7 Å². The molecule has 0 radical (unpaired) electrons. The molecule has 0 spiro atoms. The van der Waals surface area contributed by atoms with Crippen molar-refractivity contribution >= 4 is 5.91 Å². The minimum absolute atomic E-state index is 0.101. The van der Waals surface area contributed by atoms with Crippen LogP contribution in [0.1, 0.15) is 17.0 Å². The van der Waals surface area contributed by atoms with E-state index in [-0.39, 0.29) is 25.4 Å². The highest BCUT2D eigenvalue weighted by atomic mass is 19.4. The van der Waals surface area contributed by atoms with E-state index < -0.39 is 12.7 Å². The SMILES string of the molecule is Cc1noc(C)c1CC(=O)N1CCN(CC(F)(F)F)CC1. The van der Waals surface area contributed by atoms with E-state index in [0.29, 0.717) is 24.5 Å². The van der Waals surface area contributed by atoms with Crippen molar-refractivity contribution in [1.29, 1.82) is 0 Å². The summed E-state index contributed by atoms with van der Waals surface area (Å²) in [5, 5.41) is 3.79. The van der Waals surface area contributed by atoms with E-state index in [1.807, 2.05) is 0 Å². The van der Waals surface area contributed by atoms with Crippen LogP contribution in [-0.2, 0) is 11.2 Å². The maximum absolute atomic E-state index is 12.3. The summed E-state index contributed by atoms with van der Waals surface area (Å²) in [5.74, 6) is 0.507. The standard InChI is InChI=1S/C13H18F3N3O2/c1-9-11(10(2)21-17-9)7-12(20)19-5-3-18(4-6-19)8-13(14,15)16/h3-8H2,1-2H3. The molecule has 1 aliphatic heterocycles. The molecule has 5 nitrogen and oxygen atoms in total. The molecule has 0 bridgehead atoms. The zero-order valence-electron chi connectivity index (χ0n) is 12.0. The fraction of sp³-hybridized carbons (Fsp3) is 0.692. The number of aromatic nitrogens is 1. The van der Waals surface area contributed by atoms with Crippen LogP contribution >= 0.6 is 0 Å². The second-order valence-electron chi connectivity index (χ2n) is 5.25. The van der Waals surface area contributed by atoms with Gasteiger partial charge in [-0.1, -0.05) is 5.16 Å². The molecule has 1 aliphatic rings. The van der Waals surface area contributed by atoms with Crippen molar-refractivity contribution in [3.63, 3.8) is 0 Å². The fourth-order valence-electron chi connectivity index (χ4n) is 2.43. The number of rotatable bonds is 3. The maximum Gasteiger partial charge on any atom is 0.401 e. The van der Waals surface area contributed by atoms with Gasteiger partial charge in [0.15, 0.2) is 0 Å². The van der Waals surface area contributed by atoms with Gasteiger partial charge in [0.05, 0.1) is 18.7 Å². The van der Waals surface area contributed by atoms with Gasteiger partial charge in [-0.05, 0) is 13.8 Å². The van der Waals surface area contributed by atoms with Crippen molar-refractivity contribution in [2.24, 2.45) is 0 Å². The van der Waals surface area contributed by atoms with E-state index in [2.05, 4.69) is 5.16 Å². The maximum atomic E-state index is 12.3. The van der Waals surface area contributed by atoms with E-state index in [4.69, 9.17) is 4.52 Å². The Labute approximate surface area is 120 Å². The second kappa shape index (κ2) is 6.05. The molecule has 0 atom stereocenters. The number of hydrogen-bond donors (Lipinski definition) is 0. The van der Waals surface area contributed by atoms with Gasteiger partial charge in [0.1, 0.15) is 5.76 Å². The Hall–Kier alpha value is -1.57. The third-order valence-electron chi connectivity index (χ3n) is 3.64. The number of amides is 1. The Kier molecular flexibility index (Phi) is 4.55. The molecule has 8 heteroatoms. The Morgan fingerprint density at radius 1 is 1.24 bits per heavy atom. The van der Waals surface area contributed by atoms with Crippen LogP contribution in [0.2, 0.25) is 0 Å². The Bertz CT molecular complexity index is 486. The highest BCUT2D eigenvalue weighted by Gasteiger charge is 2.33. The number of alkyl halides is 3. The lowest BCUT2D eigenvalue weighted by molar-refractivity contribution is -0.151. The van der Waals surface area contributed by atoms with Crippen molar-refractivity contribution in [1.82, 2.24) is 15.0 Å². The molecular formula is C13H18F3N3O2. The van der Waals surface area contributed by atoms with Crippen LogP contribution in [0.4, 0.5) is 13.2 Å². The van der Waals surface area contributed by atoms with Gasteiger partial charge in [-0.3, -0.25) is 9.69 Å². The molecule has 0 unspecified atom stereocenters. The molecule has 118 valence electrons. The summed E-state index contributed by atoms with van der Waals surface area (Å²) in [6.07, 6.45) is -4.01. The monoisotopic (exact) mass is 305 g/mol. The molecule has 0 N–H and O–H groups in total. The molecule has 0 aromatic carbocycles. The first-order valence-electron chi connectivity index (χ1n) is 6.75. The molecule has 1 fully saturated rings. The van der Waals surface area contributed by atoms with Gasteiger partial charge in [0.25, 0.3) is 0 Å². The summed E-state index contributed by atoms with van der Waals surface area (Å²) in [6.45, 7) is 3.71. The first-order valence-corrected chi connectivity index (χ1v) is 6.75. The molecular weight excluding hydrogens is 287 g/mol. The minimum atomic E-state index is -4.19. The van der Waals surface area contributed by atoms with E-state index in [0.717, 1.165) is 5.56 Å². The fourth-order valence-corrected chi connectivity index (χ4v) is 2.43. The first-order chi connectivity index (χ1) is 9.76. The zero-order chi connectivity index (χ0) is 15.6. The lowest BCUT2D eigenvalue weighted by Crippen LogP contribution is -2.51. The summed E-state index contributed by atoms with van der Waals surface area (Å²) in [4.78, 5) is 15.1. The lowest BCUT2D eigenvalue weighted by atomic mass is 10.1. The Balaban J connectivity index is 1.86. The molecule has 1 aromatic heterocycles. The Morgan fingerprint density at radius 2 is 1.86 bits per heavy atom. The van der Waals surface area contributed by atoms with E-state index >= 15 is 0 Å². The second-order valence-corrected chi connectivity index (χ2v) is 5.25. The number of carbonyl (C=O) groups excluding carboxylic acids is 1. The van der Waals surface area contributed by atoms with Crippen molar-refractivity contribution in [3.8, 4) is 0 Å². The van der Waals surface area contributed by atoms with Gasteiger partial charge in [-0.2, -0.15) is 13.2 Å². The number of aryl methyl sites for hydroxylation is 2. The van der Waals surface area contributed by atoms with Crippen LogP contribution in [-0.4, -0.2) is 59.8 Å². The summed E-state index contributed by atoms with van der Waals surface area (Å²) in [5.41, 5.74) is 1.44. The normalized spacial score (nSPS) is 17.3. The van der Waals surface area contributed by atoms with E-state index in [1.54, 1.807) is 18.7 Å². The summed E-state index contributed by atoms with van der Waals surface area (Å²) in [7, 11) is 0. The average Bonchev–Trinajstić information content (AvgIpc) is 2.69. The van der Waals surface area contributed by atoms with Crippen molar-refractivity contribution in [3.05, 3.63) is 17.0 Å². The predicted octanol–water partition coefficient (Wildman–Crippen LogP) is 1.54. The largest absolute Gasteiger partial charge is 0.401 e. The predicted molar refractivity (Wildman–Crippen MR) is 68.8 cm³/mol. The summed E-state index contributed by atoms with van der Waals surface area (Å²) >= 11 is 0. The van der Waals surface area contributed by atoms with Crippen LogP contribution in [0.3, 0.4) is 0 Å². The molecule has 1 amide bonds. The summed E-state index contributed by atoms with van der Waals surface area (Å²) in [6, 6.07) is 0. The first kappa shape index (κ1) is 15.8. The average molecular weight is 305 g/mol. The van der Waals surface area contributed by atoms with Crippen LogP contribution in [0.25, 0.3) is 0 Å². The minimum Gasteiger partial charge on any atom is -0.361 e. The van der Waals surface area contributed by atoms with Crippen LogP contribution in [0.15, 0.2) is 4.52 Å². The van der Waals surface area contributed by atoms with Crippen molar-refractivity contribution < 1.29 is 22.5 Å².